The molecule has 9 nitrogen and oxygen atoms in total. The summed E-state index contributed by atoms with van der Waals surface area (Å²) in [7, 11) is 1.49. The molecule has 0 saturated carbocycles. The zero-order chi connectivity index (χ0) is 46.4. The minimum Gasteiger partial charge on any atom is -0.462 e. The van der Waals surface area contributed by atoms with E-state index in [0.717, 1.165) is 32.1 Å². The molecule has 0 aliphatic heterocycles. The first kappa shape index (κ1) is 61.8. The molecular formula is C53H105NO8P+. The van der Waals surface area contributed by atoms with Crippen LogP contribution in [0.1, 0.15) is 264 Å². The van der Waals surface area contributed by atoms with Crippen molar-refractivity contribution in [2.75, 3.05) is 47.5 Å². The van der Waals surface area contributed by atoms with Gasteiger partial charge in [-0.25, -0.2) is 4.57 Å². The number of carbonyl (C=O) groups excluding carboxylic acids is 2. The van der Waals surface area contributed by atoms with Gasteiger partial charge in [-0.15, -0.1) is 0 Å². The van der Waals surface area contributed by atoms with Gasteiger partial charge in [-0.2, -0.15) is 0 Å². The van der Waals surface area contributed by atoms with Crippen molar-refractivity contribution in [3.05, 3.63) is 12.2 Å². The van der Waals surface area contributed by atoms with E-state index in [4.69, 9.17) is 18.5 Å². The van der Waals surface area contributed by atoms with Gasteiger partial charge in [-0.05, 0) is 38.5 Å². The lowest BCUT2D eigenvalue weighted by Crippen LogP contribution is -2.37. The Hall–Kier alpha value is -1.25. The van der Waals surface area contributed by atoms with E-state index < -0.39 is 26.5 Å². The van der Waals surface area contributed by atoms with Gasteiger partial charge in [0.15, 0.2) is 6.10 Å². The Balaban J connectivity index is 4.19. The third-order valence-electron chi connectivity index (χ3n) is 12.0. The lowest BCUT2D eigenvalue weighted by Gasteiger charge is -2.24. The second-order valence-electron chi connectivity index (χ2n) is 19.6. The monoisotopic (exact) mass is 915 g/mol. The highest BCUT2D eigenvalue weighted by Gasteiger charge is 2.27. The number of nitrogens with zero attached hydrogens (tertiary/aromatic N) is 1. The van der Waals surface area contributed by atoms with Gasteiger partial charge >= 0.3 is 19.8 Å². The number of ether oxygens (including phenoxy) is 2. The fourth-order valence-corrected chi connectivity index (χ4v) is 8.58. The van der Waals surface area contributed by atoms with Crippen LogP contribution >= 0.6 is 7.82 Å². The normalized spacial score (nSPS) is 13.4. The van der Waals surface area contributed by atoms with Crippen molar-refractivity contribution in [2.45, 2.75) is 270 Å². The molecule has 1 N–H and O–H groups in total. The van der Waals surface area contributed by atoms with Crippen molar-refractivity contribution >= 4 is 19.8 Å². The number of hydrogen-bond acceptors (Lipinski definition) is 7. The van der Waals surface area contributed by atoms with E-state index in [2.05, 4.69) is 26.0 Å². The number of hydrogen-bond donors (Lipinski definition) is 1. The van der Waals surface area contributed by atoms with Crippen molar-refractivity contribution in [3.8, 4) is 0 Å². The Morgan fingerprint density at radius 3 is 1.17 bits per heavy atom. The van der Waals surface area contributed by atoms with E-state index in [9.17, 15) is 19.0 Å². The summed E-state index contributed by atoms with van der Waals surface area (Å²) in [4.78, 5) is 35.6. The van der Waals surface area contributed by atoms with Crippen LogP contribution in [0.2, 0.25) is 0 Å². The average Bonchev–Trinajstić information content (AvgIpc) is 3.24. The fourth-order valence-electron chi connectivity index (χ4n) is 7.84. The highest BCUT2D eigenvalue weighted by molar-refractivity contribution is 7.47. The van der Waals surface area contributed by atoms with E-state index >= 15 is 0 Å². The minimum absolute atomic E-state index is 0.0349. The van der Waals surface area contributed by atoms with Gasteiger partial charge in [0.2, 0.25) is 0 Å². The molecule has 2 unspecified atom stereocenters. The Kier molecular flexibility index (Phi) is 45.0. The molecule has 0 spiro atoms. The first-order valence-corrected chi connectivity index (χ1v) is 28.4. The van der Waals surface area contributed by atoms with Crippen molar-refractivity contribution in [1.82, 2.24) is 0 Å². The highest BCUT2D eigenvalue weighted by atomic mass is 31.2. The van der Waals surface area contributed by atoms with Crippen LogP contribution in [0.4, 0.5) is 0 Å². The van der Waals surface area contributed by atoms with Crippen LogP contribution in [-0.4, -0.2) is 74.9 Å². The molecule has 0 amide bonds. The van der Waals surface area contributed by atoms with Crippen molar-refractivity contribution in [2.24, 2.45) is 0 Å². The molecule has 0 bridgehead atoms. The number of carbonyl (C=O) groups is 2. The predicted octanol–water partition coefficient (Wildman–Crippen LogP) is 16.1. The predicted molar refractivity (Wildman–Crippen MR) is 266 cm³/mol. The van der Waals surface area contributed by atoms with Crippen molar-refractivity contribution in [1.29, 1.82) is 0 Å². The van der Waals surface area contributed by atoms with Gasteiger partial charge in [0.25, 0.3) is 0 Å². The molecular weight excluding hydrogens is 810 g/mol. The first-order valence-electron chi connectivity index (χ1n) is 26.9. The van der Waals surface area contributed by atoms with Crippen LogP contribution in [0, 0.1) is 0 Å². The van der Waals surface area contributed by atoms with Crippen LogP contribution in [0.25, 0.3) is 0 Å². The molecule has 0 aromatic heterocycles. The highest BCUT2D eigenvalue weighted by Crippen LogP contribution is 2.43. The van der Waals surface area contributed by atoms with Gasteiger partial charge in [-0.1, -0.05) is 225 Å². The van der Waals surface area contributed by atoms with E-state index in [-0.39, 0.29) is 25.6 Å². The maximum atomic E-state index is 12.8. The average molecular weight is 915 g/mol. The number of allylic oxidation sites excluding steroid dienone is 2. The van der Waals surface area contributed by atoms with Gasteiger partial charge in [0.1, 0.15) is 19.8 Å². The maximum absolute atomic E-state index is 12.8. The summed E-state index contributed by atoms with van der Waals surface area (Å²) >= 11 is 0. The number of rotatable bonds is 50. The maximum Gasteiger partial charge on any atom is 0.472 e. The van der Waals surface area contributed by atoms with Crippen molar-refractivity contribution in [3.63, 3.8) is 0 Å². The van der Waals surface area contributed by atoms with E-state index in [0.29, 0.717) is 23.9 Å². The summed E-state index contributed by atoms with van der Waals surface area (Å²) in [5.74, 6) is -0.783. The Labute approximate surface area is 390 Å². The zero-order valence-corrected chi connectivity index (χ0v) is 43.2. The SMILES string of the molecule is CCCCCCCCCC/C=C\CCCCCCCCCCCC(=O)OC(COC(=O)CCCCCCCCCCCCCCCCCCCC)COP(=O)(O)OCC[N+](C)(C)C. The third kappa shape index (κ3) is 50.0. The molecule has 0 saturated heterocycles. The lowest BCUT2D eigenvalue weighted by molar-refractivity contribution is -0.870. The van der Waals surface area contributed by atoms with Crippen molar-refractivity contribution < 1.29 is 42.1 Å². The fraction of sp³-hybridized carbons (Fsp3) is 0.925. The molecule has 0 fully saturated rings. The molecule has 10 heteroatoms. The Bertz CT molecular complexity index is 1080. The molecule has 0 radical (unpaired) electrons. The van der Waals surface area contributed by atoms with E-state index in [1.165, 1.54) is 199 Å². The largest absolute Gasteiger partial charge is 0.472 e. The second kappa shape index (κ2) is 45.9. The Morgan fingerprint density at radius 2 is 0.810 bits per heavy atom. The summed E-state index contributed by atoms with van der Waals surface area (Å²) < 4.78 is 34.5. The molecule has 63 heavy (non-hydrogen) atoms. The van der Waals surface area contributed by atoms with E-state index in [1.54, 1.807) is 0 Å². The van der Waals surface area contributed by atoms with Gasteiger partial charge < -0.3 is 18.9 Å². The van der Waals surface area contributed by atoms with Gasteiger partial charge in [0, 0.05) is 12.8 Å². The molecule has 0 heterocycles. The number of likely N-dealkylation sites (N-methyl/N-ethyl adjacent to an activating group) is 1. The van der Waals surface area contributed by atoms with Crippen LogP contribution in [0.5, 0.6) is 0 Å². The minimum atomic E-state index is -4.38. The quantitative estimate of drug-likeness (QED) is 0.0211. The molecule has 0 aliphatic carbocycles. The zero-order valence-electron chi connectivity index (χ0n) is 42.3. The molecule has 0 aromatic carbocycles. The standard InChI is InChI=1S/C53H104NO8P/c1-6-8-10-12-14-16-18-20-22-24-26-27-28-30-32-34-36-38-40-42-44-46-53(56)62-51(50-61-63(57,58)60-48-47-54(3,4)5)49-59-52(55)45-43-41-39-37-35-33-31-29-25-23-21-19-17-15-13-11-9-7-2/h24,26,51H,6-23,25,27-50H2,1-5H3/p+1/b26-24-. The number of esters is 2. The topological polar surface area (TPSA) is 108 Å². The number of unbranched alkanes of at least 4 members (excludes halogenated alkanes) is 34. The second-order valence-corrected chi connectivity index (χ2v) is 21.1. The van der Waals surface area contributed by atoms with Gasteiger partial charge in [0.05, 0.1) is 27.7 Å². The smallest absolute Gasteiger partial charge is 0.462 e. The molecule has 0 aromatic rings. The number of quaternary nitrogens is 1. The lowest BCUT2D eigenvalue weighted by atomic mass is 10.0. The van der Waals surface area contributed by atoms with Crippen LogP contribution < -0.4 is 0 Å². The van der Waals surface area contributed by atoms with Gasteiger partial charge in [-0.3, -0.25) is 18.6 Å². The summed E-state index contributed by atoms with van der Waals surface area (Å²) in [5, 5.41) is 0. The van der Waals surface area contributed by atoms with E-state index in [1.807, 2.05) is 21.1 Å². The molecule has 374 valence electrons. The Morgan fingerprint density at radius 1 is 0.476 bits per heavy atom. The summed E-state index contributed by atoms with van der Waals surface area (Å²) in [6.45, 7) is 4.48. The number of phosphoric ester groups is 1. The summed E-state index contributed by atoms with van der Waals surface area (Å²) in [6, 6.07) is 0. The molecule has 0 rings (SSSR count). The molecule has 2 atom stereocenters. The molecule has 0 aliphatic rings. The van der Waals surface area contributed by atoms with Crippen LogP contribution in [0.15, 0.2) is 12.2 Å². The van der Waals surface area contributed by atoms with Crippen LogP contribution in [-0.2, 0) is 32.7 Å². The first-order chi connectivity index (χ1) is 30.5. The summed E-state index contributed by atoms with van der Waals surface area (Å²) in [6.07, 6.45) is 51.2. The van der Waals surface area contributed by atoms with Crippen LogP contribution in [0.3, 0.4) is 0 Å². The number of phosphoric acid groups is 1. The third-order valence-corrected chi connectivity index (χ3v) is 13.0. The summed E-state index contributed by atoms with van der Waals surface area (Å²) in [5.41, 5.74) is 0.